The minimum Gasteiger partial charge on any atom is -0.495 e. The molecule has 0 saturated heterocycles. The number of carbonyl (C=O) groups is 2. The lowest BCUT2D eigenvalue weighted by Crippen LogP contribution is -2.15. The molecule has 1 heterocycles. The van der Waals surface area contributed by atoms with Gasteiger partial charge in [0.15, 0.2) is 11.0 Å². The molecule has 0 aliphatic rings. The van der Waals surface area contributed by atoms with E-state index in [4.69, 9.17) is 4.74 Å². The van der Waals surface area contributed by atoms with Crippen molar-refractivity contribution < 1.29 is 19.2 Å². The van der Waals surface area contributed by atoms with Gasteiger partial charge in [0.2, 0.25) is 11.8 Å². The largest absolute Gasteiger partial charge is 0.495 e. The number of rotatable bonds is 9. The van der Waals surface area contributed by atoms with Crippen molar-refractivity contribution in [2.75, 3.05) is 23.5 Å². The fourth-order valence-corrected chi connectivity index (χ4v) is 3.86. The number of nitrogens with zero attached hydrogens (tertiary/aromatic N) is 4. The third kappa shape index (κ3) is 5.86. The molecule has 0 spiro atoms. The first-order chi connectivity index (χ1) is 15.8. The summed E-state index contributed by atoms with van der Waals surface area (Å²) in [6.07, 6.45) is 0. The molecule has 0 aliphatic carbocycles. The van der Waals surface area contributed by atoms with Gasteiger partial charge >= 0.3 is 0 Å². The van der Waals surface area contributed by atoms with Crippen LogP contribution in [0.4, 0.5) is 17.1 Å². The van der Waals surface area contributed by atoms with E-state index in [9.17, 15) is 19.7 Å². The van der Waals surface area contributed by atoms with Gasteiger partial charge in [0.1, 0.15) is 5.75 Å². The first-order valence-corrected chi connectivity index (χ1v) is 10.9. The van der Waals surface area contributed by atoms with Gasteiger partial charge in [-0.15, -0.1) is 10.2 Å². The van der Waals surface area contributed by atoms with Crippen LogP contribution < -0.4 is 15.4 Å². The van der Waals surface area contributed by atoms with Crippen LogP contribution >= 0.6 is 11.8 Å². The number of hydrogen-bond donors (Lipinski definition) is 2. The van der Waals surface area contributed by atoms with Crippen LogP contribution in [0.2, 0.25) is 0 Å². The van der Waals surface area contributed by atoms with Crippen molar-refractivity contribution in [3.63, 3.8) is 0 Å². The minimum absolute atomic E-state index is 0.00983. The van der Waals surface area contributed by atoms with Gasteiger partial charge < -0.3 is 19.9 Å². The highest BCUT2D eigenvalue weighted by molar-refractivity contribution is 7.99. The lowest BCUT2D eigenvalue weighted by atomic mass is 10.2. The molecule has 3 rings (SSSR count). The second kappa shape index (κ2) is 10.6. The van der Waals surface area contributed by atoms with E-state index in [0.717, 1.165) is 5.56 Å². The molecule has 0 radical (unpaired) electrons. The minimum atomic E-state index is -0.546. The van der Waals surface area contributed by atoms with Gasteiger partial charge in [0.25, 0.3) is 5.69 Å². The Morgan fingerprint density at radius 1 is 1.18 bits per heavy atom. The van der Waals surface area contributed by atoms with Crippen molar-refractivity contribution in [3.05, 3.63) is 52.6 Å². The number of nitro benzene ring substituents is 1. The van der Waals surface area contributed by atoms with E-state index in [1.54, 1.807) is 12.1 Å². The molecule has 0 fully saturated rings. The molecular formula is C21H22N6O5S. The van der Waals surface area contributed by atoms with Crippen molar-refractivity contribution in [1.82, 2.24) is 14.8 Å². The van der Waals surface area contributed by atoms with Crippen LogP contribution in [-0.4, -0.2) is 44.4 Å². The number of carbonyl (C=O) groups excluding carboxylic acids is 2. The van der Waals surface area contributed by atoms with Crippen LogP contribution in [0, 0.1) is 10.1 Å². The maximum absolute atomic E-state index is 12.5. The highest BCUT2D eigenvalue weighted by Gasteiger charge is 2.17. The molecule has 33 heavy (non-hydrogen) atoms. The number of nitro groups is 1. The zero-order chi connectivity index (χ0) is 24.0. The molecule has 1 aromatic heterocycles. The van der Waals surface area contributed by atoms with Crippen molar-refractivity contribution in [2.45, 2.75) is 25.5 Å². The number of methoxy groups -OCH3 is 1. The summed E-state index contributed by atoms with van der Waals surface area (Å²) >= 11 is 1.19. The van der Waals surface area contributed by atoms with Crippen molar-refractivity contribution in [2.24, 2.45) is 0 Å². The maximum atomic E-state index is 12.5. The number of benzene rings is 2. The number of amides is 2. The van der Waals surface area contributed by atoms with Gasteiger partial charge in [-0.05, 0) is 25.1 Å². The summed E-state index contributed by atoms with van der Waals surface area (Å²) in [6.45, 7) is 3.93. The van der Waals surface area contributed by atoms with E-state index in [1.807, 2.05) is 23.6 Å². The summed E-state index contributed by atoms with van der Waals surface area (Å²) in [5.74, 6) is 0.381. The lowest BCUT2D eigenvalue weighted by molar-refractivity contribution is -0.384. The molecule has 172 valence electrons. The van der Waals surface area contributed by atoms with E-state index in [1.165, 1.54) is 44.0 Å². The molecule has 2 amide bonds. The summed E-state index contributed by atoms with van der Waals surface area (Å²) in [7, 11) is 1.41. The van der Waals surface area contributed by atoms with Crippen LogP contribution in [0.25, 0.3) is 11.4 Å². The van der Waals surface area contributed by atoms with Crippen molar-refractivity contribution in [1.29, 1.82) is 0 Å². The predicted octanol–water partition coefficient (Wildman–Crippen LogP) is 3.57. The monoisotopic (exact) mass is 470 g/mol. The van der Waals surface area contributed by atoms with E-state index in [-0.39, 0.29) is 28.9 Å². The Labute approximate surface area is 193 Å². The number of anilines is 2. The predicted molar refractivity (Wildman–Crippen MR) is 124 cm³/mol. The summed E-state index contributed by atoms with van der Waals surface area (Å²) in [6, 6.07) is 11.2. The normalized spacial score (nSPS) is 10.5. The number of non-ortho nitro benzene ring substituents is 1. The Morgan fingerprint density at radius 3 is 2.64 bits per heavy atom. The molecule has 12 heteroatoms. The molecule has 11 nitrogen and oxygen atoms in total. The van der Waals surface area contributed by atoms with Gasteiger partial charge in [-0.25, -0.2) is 0 Å². The Balaban J connectivity index is 1.73. The second-order valence-electron chi connectivity index (χ2n) is 6.79. The zero-order valence-electron chi connectivity index (χ0n) is 18.2. The average Bonchev–Trinajstić information content (AvgIpc) is 3.20. The standard InChI is InChI=1S/C21H22N6O5S/c1-4-26-20(14-6-5-7-15(10-14)22-13(2)28)24-25-21(26)33-12-19(29)23-17-11-16(27(30)31)8-9-18(17)32-3/h5-11H,4,12H2,1-3H3,(H,22,28)(H,23,29). The number of thioether (sulfide) groups is 1. The molecule has 0 atom stereocenters. The Kier molecular flexibility index (Phi) is 7.61. The topological polar surface area (TPSA) is 141 Å². The molecule has 0 saturated carbocycles. The molecular weight excluding hydrogens is 448 g/mol. The Hall–Kier alpha value is -3.93. The van der Waals surface area contributed by atoms with Crippen LogP contribution in [0.5, 0.6) is 5.75 Å². The maximum Gasteiger partial charge on any atom is 0.271 e. The van der Waals surface area contributed by atoms with Gasteiger partial charge in [-0.1, -0.05) is 23.9 Å². The summed E-state index contributed by atoms with van der Waals surface area (Å²) in [5.41, 5.74) is 1.47. The molecule has 3 aromatic rings. The first-order valence-electron chi connectivity index (χ1n) is 9.88. The second-order valence-corrected chi connectivity index (χ2v) is 7.73. The molecule has 0 bridgehead atoms. The Bertz CT molecular complexity index is 1200. The van der Waals surface area contributed by atoms with Crippen LogP contribution in [-0.2, 0) is 16.1 Å². The highest BCUT2D eigenvalue weighted by atomic mass is 32.2. The number of hydrogen-bond acceptors (Lipinski definition) is 8. The summed E-state index contributed by atoms with van der Waals surface area (Å²) in [4.78, 5) is 34.3. The van der Waals surface area contributed by atoms with Gasteiger partial charge in [0.05, 0.1) is 23.5 Å². The van der Waals surface area contributed by atoms with Crippen molar-refractivity contribution in [3.8, 4) is 17.1 Å². The molecule has 2 aromatic carbocycles. The zero-order valence-corrected chi connectivity index (χ0v) is 19.0. The average molecular weight is 471 g/mol. The van der Waals surface area contributed by atoms with E-state index in [0.29, 0.717) is 29.0 Å². The highest BCUT2D eigenvalue weighted by Crippen LogP contribution is 2.30. The van der Waals surface area contributed by atoms with Gasteiger partial charge in [-0.3, -0.25) is 19.7 Å². The van der Waals surface area contributed by atoms with Gasteiger partial charge in [0, 0.05) is 36.9 Å². The van der Waals surface area contributed by atoms with E-state index >= 15 is 0 Å². The molecule has 0 unspecified atom stereocenters. The number of aromatic nitrogens is 3. The van der Waals surface area contributed by atoms with E-state index in [2.05, 4.69) is 20.8 Å². The fourth-order valence-electron chi connectivity index (χ4n) is 3.06. The van der Waals surface area contributed by atoms with E-state index < -0.39 is 4.92 Å². The van der Waals surface area contributed by atoms with Crippen LogP contribution in [0.15, 0.2) is 47.6 Å². The smallest absolute Gasteiger partial charge is 0.271 e. The quantitative estimate of drug-likeness (QED) is 0.275. The Morgan fingerprint density at radius 2 is 1.97 bits per heavy atom. The molecule has 0 aliphatic heterocycles. The fraction of sp³-hybridized carbons (Fsp3) is 0.238. The number of nitrogens with one attached hydrogen (secondary N) is 2. The lowest BCUT2D eigenvalue weighted by Gasteiger charge is -2.11. The van der Waals surface area contributed by atoms with Crippen molar-refractivity contribution >= 4 is 40.6 Å². The van der Waals surface area contributed by atoms with Crippen LogP contribution in [0.1, 0.15) is 13.8 Å². The summed E-state index contributed by atoms with van der Waals surface area (Å²) in [5, 5.41) is 25.4. The van der Waals surface area contributed by atoms with Crippen LogP contribution in [0.3, 0.4) is 0 Å². The third-order valence-corrected chi connectivity index (χ3v) is 5.44. The number of ether oxygens (including phenoxy) is 1. The molecule has 2 N–H and O–H groups in total. The summed E-state index contributed by atoms with van der Waals surface area (Å²) < 4.78 is 7.03. The third-order valence-electron chi connectivity index (χ3n) is 4.47. The van der Waals surface area contributed by atoms with Gasteiger partial charge in [-0.2, -0.15) is 0 Å². The first kappa shape index (κ1) is 23.7. The SMILES string of the molecule is CCn1c(SCC(=O)Nc2cc([N+](=O)[O-])ccc2OC)nnc1-c1cccc(NC(C)=O)c1.